The lowest BCUT2D eigenvalue weighted by atomic mass is 10.7. The molecule has 0 spiro atoms. The Balaban J connectivity index is 3.17. The third-order valence-electron chi connectivity index (χ3n) is 0.358. The third-order valence-corrected chi connectivity index (χ3v) is 0.952. The van der Waals surface area contributed by atoms with Gasteiger partial charge in [-0.1, -0.05) is 23.2 Å². The highest BCUT2D eigenvalue weighted by molar-refractivity contribution is 6.36. The molecule has 0 unspecified atom stereocenters. The molecular formula is C4H5Cl2O. The summed E-state index contributed by atoms with van der Waals surface area (Å²) in [6, 6.07) is 0. The van der Waals surface area contributed by atoms with E-state index in [1.807, 2.05) is 0 Å². The van der Waals surface area contributed by atoms with Crippen LogP contribution in [0.2, 0.25) is 0 Å². The van der Waals surface area contributed by atoms with Gasteiger partial charge in [0.1, 0.15) is 0 Å². The molecule has 0 rings (SSSR count). The Hall–Kier alpha value is 0.280. The summed E-state index contributed by atoms with van der Waals surface area (Å²) in [5.41, 5.74) is 1.24. The van der Waals surface area contributed by atoms with Crippen LogP contribution >= 0.6 is 23.2 Å². The SMILES string of the molecule is [CH2]OCC(Cl)=CCl. The highest BCUT2D eigenvalue weighted by atomic mass is 35.5. The van der Waals surface area contributed by atoms with Gasteiger partial charge in [0.25, 0.3) is 0 Å². The van der Waals surface area contributed by atoms with Crippen molar-refractivity contribution in [1.29, 1.82) is 0 Å². The first-order chi connectivity index (χ1) is 3.31. The fraction of sp³-hybridized carbons (Fsp3) is 0.250. The summed E-state index contributed by atoms with van der Waals surface area (Å²) in [6.07, 6.45) is 0. The molecule has 0 atom stereocenters. The van der Waals surface area contributed by atoms with Gasteiger partial charge in [-0.3, -0.25) is 0 Å². The summed E-state index contributed by atoms with van der Waals surface area (Å²) in [7, 11) is 3.09. The molecule has 0 saturated carbocycles. The van der Waals surface area contributed by atoms with Crippen molar-refractivity contribution in [3.05, 3.63) is 17.7 Å². The zero-order valence-corrected chi connectivity index (χ0v) is 5.17. The Labute approximate surface area is 52.9 Å². The fourth-order valence-corrected chi connectivity index (χ4v) is 0.269. The number of hydrogen-bond donors (Lipinski definition) is 0. The van der Waals surface area contributed by atoms with Gasteiger partial charge < -0.3 is 4.74 Å². The molecule has 0 aromatic rings. The number of ether oxygens (including phenoxy) is 1. The molecule has 0 aliphatic carbocycles. The molecule has 0 saturated heterocycles. The van der Waals surface area contributed by atoms with Gasteiger partial charge in [0.2, 0.25) is 0 Å². The van der Waals surface area contributed by atoms with Crippen LogP contribution in [0.4, 0.5) is 0 Å². The molecule has 0 N–H and O–H groups in total. The first-order valence-corrected chi connectivity index (χ1v) is 2.44. The summed E-state index contributed by atoms with van der Waals surface area (Å²) in [4.78, 5) is 0. The molecule has 0 aromatic heterocycles. The van der Waals surface area contributed by atoms with E-state index in [-0.39, 0.29) is 6.61 Å². The summed E-state index contributed by atoms with van der Waals surface area (Å²) in [5.74, 6) is 0. The minimum atomic E-state index is 0.283. The lowest BCUT2D eigenvalue weighted by molar-refractivity contribution is 0.278. The van der Waals surface area contributed by atoms with Crippen LogP contribution in [-0.2, 0) is 4.74 Å². The van der Waals surface area contributed by atoms with Crippen molar-refractivity contribution >= 4 is 23.2 Å². The molecule has 0 fully saturated rings. The minimum Gasteiger partial charge on any atom is -0.373 e. The van der Waals surface area contributed by atoms with Gasteiger partial charge in [0.15, 0.2) is 0 Å². The summed E-state index contributed by atoms with van der Waals surface area (Å²) < 4.78 is 4.36. The lowest BCUT2D eigenvalue weighted by Crippen LogP contribution is -1.82. The van der Waals surface area contributed by atoms with Crippen molar-refractivity contribution in [1.82, 2.24) is 0 Å². The molecule has 0 heterocycles. The standard InChI is InChI=1S/C4H5Cl2O/c1-7-3-4(6)2-5/h2H,1,3H2. The zero-order chi connectivity index (χ0) is 5.70. The second-order valence-electron chi connectivity index (χ2n) is 0.904. The van der Waals surface area contributed by atoms with Gasteiger partial charge in [-0.05, 0) is 0 Å². The highest BCUT2D eigenvalue weighted by Crippen LogP contribution is 2.01. The lowest BCUT2D eigenvalue weighted by Gasteiger charge is -1.89. The molecule has 0 aliphatic heterocycles. The van der Waals surface area contributed by atoms with Crippen molar-refractivity contribution in [2.45, 2.75) is 0 Å². The van der Waals surface area contributed by atoms with E-state index in [0.29, 0.717) is 5.03 Å². The van der Waals surface area contributed by atoms with Crippen LogP contribution in [0, 0.1) is 7.11 Å². The van der Waals surface area contributed by atoms with Crippen molar-refractivity contribution in [3.8, 4) is 0 Å². The van der Waals surface area contributed by atoms with Crippen LogP contribution in [0.25, 0.3) is 0 Å². The van der Waals surface area contributed by atoms with Crippen molar-refractivity contribution in [2.24, 2.45) is 0 Å². The van der Waals surface area contributed by atoms with Crippen LogP contribution < -0.4 is 0 Å². The van der Waals surface area contributed by atoms with Gasteiger partial charge >= 0.3 is 0 Å². The van der Waals surface area contributed by atoms with Crippen molar-refractivity contribution < 1.29 is 4.74 Å². The first-order valence-electron chi connectivity index (χ1n) is 1.63. The van der Waals surface area contributed by atoms with Crippen LogP contribution in [0.1, 0.15) is 0 Å². The van der Waals surface area contributed by atoms with Crippen LogP contribution in [0.3, 0.4) is 0 Å². The fourth-order valence-electron chi connectivity index (χ4n) is 0.129. The molecule has 7 heavy (non-hydrogen) atoms. The normalized spacial score (nSPS) is 12.1. The maximum Gasteiger partial charge on any atom is 0.0833 e. The van der Waals surface area contributed by atoms with Gasteiger partial charge in [-0.25, -0.2) is 0 Å². The van der Waals surface area contributed by atoms with Crippen LogP contribution in [-0.4, -0.2) is 6.61 Å². The summed E-state index contributed by atoms with van der Waals surface area (Å²) >= 11 is 10.5. The van der Waals surface area contributed by atoms with E-state index < -0.39 is 0 Å². The highest BCUT2D eigenvalue weighted by Gasteiger charge is 1.84. The maximum atomic E-state index is 5.33. The van der Waals surface area contributed by atoms with E-state index >= 15 is 0 Å². The average Bonchev–Trinajstić information content (AvgIpc) is 1.68. The zero-order valence-electron chi connectivity index (χ0n) is 3.66. The Morgan fingerprint density at radius 2 is 2.43 bits per heavy atom. The molecule has 0 amide bonds. The van der Waals surface area contributed by atoms with Gasteiger partial charge in [0.05, 0.1) is 18.7 Å². The smallest absolute Gasteiger partial charge is 0.0833 e. The minimum absolute atomic E-state index is 0.283. The Morgan fingerprint density at radius 3 is 2.57 bits per heavy atom. The largest absolute Gasteiger partial charge is 0.373 e. The van der Waals surface area contributed by atoms with Gasteiger partial charge in [0, 0.05) is 5.54 Å². The monoisotopic (exact) mass is 139 g/mol. The quantitative estimate of drug-likeness (QED) is 0.570. The second-order valence-corrected chi connectivity index (χ2v) is 1.61. The molecular weight excluding hydrogens is 135 g/mol. The number of hydrogen-bond acceptors (Lipinski definition) is 1. The summed E-state index contributed by atoms with van der Waals surface area (Å²) in [5, 5.41) is 0.455. The van der Waals surface area contributed by atoms with E-state index in [2.05, 4.69) is 11.8 Å². The van der Waals surface area contributed by atoms with Gasteiger partial charge in [-0.2, -0.15) is 0 Å². The third kappa shape index (κ3) is 4.13. The molecule has 0 aromatic carbocycles. The number of halogens is 2. The summed E-state index contributed by atoms with van der Waals surface area (Å²) in [6.45, 7) is 0.283. The van der Waals surface area contributed by atoms with E-state index in [0.717, 1.165) is 0 Å². The van der Waals surface area contributed by atoms with E-state index in [1.54, 1.807) is 0 Å². The van der Waals surface area contributed by atoms with Gasteiger partial charge in [-0.15, -0.1) is 0 Å². The van der Waals surface area contributed by atoms with E-state index in [1.165, 1.54) is 5.54 Å². The number of rotatable bonds is 2. The molecule has 0 bridgehead atoms. The Morgan fingerprint density at radius 1 is 1.86 bits per heavy atom. The molecule has 0 aliphatic rings. The Kier molecular flexibility index (Phi) is 4.62. The predicted molar refractivity (Wildman–Crippen MR) is 31.1 cm³/mol. The maximum absolute atomic E-state index is 5.33. The Bertz CT molecular complexity index is 70.1. The molecule has 1 radical (unpaired) electrons. The molecule has 3 heteroatoms. The van der Waals surface area contributed by atoms with Crippen molar-refractivity contribution in [2.75, 3.05) is 6.61 Å². The van der Waals surface area contributed by atoms with E-state index in [9.17, 15) is 0 Å². The molecule has 1 nitrogen and oxygen atoms in total. The average molecular weight is 140 g/mol. The van der Waals surface area contributed by atoms with Crippen molar-refractivity contribution in [3.63, 3.8) is 0 Å². The van der Waals surface area contributed by atoms with Crippen LogP contribution in [0.5, 0.6) is 0 Å². The van der Waals surface area contributed by atoms with Crippen LogP contribution in [0.15, 0.2) is 10.6 Å². The van der Waals surface area contributed by atoms with E-state index in [4.69, 9.17) is 23.2 Å². The second kappa shape index (κ2) is 4.44. The predicted octanol–water partition coefficient (Wildman–Crippen LogP) is 2.11. The topological polar surface area (TPSA) is 9.23 Å². The first kappa shape index (κ1) is 7.28. The molecule has 41 valence electrons.